The van der Waals surface area contributed by atoms with E-state index >= 15 is 0 Å². The molecule has 0 saturated heterocycles. The highest BCUT2D eigenvalue weighted by molar-refractivity contribution is 7.09. The molecule has 2 rings (SSSR count). The molecule has 1 unspecified atom stereocenters. The number of methoxy groups -OCH3 is 1. The molecule has 1 N–H and O–H groups in total. The summed E-state index contributed by atoms with van der Waals surface area (Å²) in [5.74, 6) is 0.920. The van der Waals surface area contributed by atoms with Crippen molar-refractivity contribution in [3.05, 3.63) is 46.4 Å². The first-order chi connectivity index (χ1) is 8.72. The lowest BCUT2D eigenvalue weighted by molar-refractivity contribution is 0.396. The molecular weight excluding hydrogens is 244 g/mol. The van der Waals surface area contributed by atoms with Gasteiger partial charge in [-0.05, 0) is 19.9 Å². The molecule has 0 aliphatic carbocycles. The van der Waals surface area contributed by atoms with Crippen LogP contribution in [0, 0.1) is 0 Å². The van der Waals surface area contributed by atoms with E-state index in [-0.39, 0.29) is 12.1 Å². The fourth-order valence-corrected chi connectivity index (χ4v) is 2.66. The number of para-hydroxylation sites is 1. The summed E-state index contributed by atoms with van der Waals surface area (Å²) in [6.07, 6.45) is 1.84. The van der Waals surface area contributed by atoms with E-state index in [4.69, 9.17) is 4.74 Å². The van der Waals surface area contributed by atoms with Crippen molar-refractivity contribution in [2.24, 2.45) is 0 Å². The maximum atomic E-state index is 5.39. The van der Waals surface area contributed by atoms with Crippen LogP contribution in [0.3, 0.4) is 0 Å². The smallest absolute Gasteiger partial charge is 0.123 e. The Kier molecular flexibility index (Phi) is 4.33. The lowest BCUT2D eigenvalue weighted by Gasteiger charge is -2.20. The van der Waals surface area contributed by atoms with E-state index in [0.717, 1.165) is 10.8 Å². The lowest BCUT2D eigenvalue weighted by Crippen LogP contribution is -2.22. The van der Waals surface area contributed by atoms with Gasteiger partial charge in [0, 0.05) is 23.2 Å². The number of aromatic nitrogens is 1. The van der Waals surface area contributed by atoms with Gasteiger partial charge >= 0.3 is 0 Å². The van der Waals surface area contributed by atoms with Gasteiger partial charge in [0.05, 0.1) is 13.2 Å². The highest BCUT2D eigenvalue weighted by atomic mass is 32.1. The van der Waals surface area contributed by atoms with Crippen LogP contribution in [0.15, 0.2) is 35.8 Å². The average molecular weight is 262 g/mol. The van der Waals surface area contributed by atoms with Crippen LogP contribution in [0.1, 0.15) is 36.5 Å². The van der Waals surface area contributed by atoms with E-state index < -0.39 is 0 Å². The number of hydrogen-bond acceptors (Lipinski definition) is 4. The van der Waals surface area contributed by atoms with E-state index in [9.17, 15) is 0 Å². The Bertz CT molecular complexity index is 484. The SMILES string of the molecule is COc1ccccc1[C@@H](C)NC(C)c1nccs1. The standard InChI is InChI=1S/C14H18N2OS/c1-10(12-6-4-5-7-13(12)17-3)16-11(2)14-15-8-9-18-14/h4-11,16H,1-3H3/t10-,11?/m1/s1. The first-order valence-corrected chi connectivity index (χ1v) is 6.88. The third-order valence-electron chi connectivity index (χ3n) is 2.93. The zero-order chi connectivity index (χ0) is 13.0. The fraction of sp³-hybridized carbons (Fsp3) is 0.357. The Morgan fingerprint density at radius 3 is 2.67 bits per heavy atom. The fourth-order valence-electron chi connectivity index (χ4n) is 2.01. The largest absolute Gasteiger partial charge is 0.496 e. The van der Waals surface area contributed by atoms with Gasteiger partial charge in [0.2, 0.25) is 0 Å². The van der Waals surface area contributed by atoms with Crippen LogP contribution in [0.4, 0.5) is 0 Å². The molecule has 1 aromatic heterocycles. The summed E-state index contributed by atoms with van der Waals surface area (Å²) in [4.78, 5) is 4.33. The van der Waals surface area contributed by atoms with Gasteiger partial charge in [-0.15, -0.1) is 11.3 Å². The lowest BCUT2D eigenvalue weighted by atomic mass is 10.1. The van der Waals surface area contributed by atoms with Gasteiger partial charge in [-0.3, -0.25) is 0 Å². The van der Waals surface area contributed by atoms with Gasteiger partial charge in [0.25, 0.3) is 0 Å². The Morgan fingerprint density at radius 2 is 2.00 bits per heavy atom. The number of rotatable bonds is 5. The number of hydrogen-bond donors (Lipinski definition) is 1. The van der Waals surface area contributed by atoms with Crippen LogP contribution in [-0.4, -0.2) is 12.1 Å². The summed E-state index contributed by atoms with van der Waals surface area (Å²) in [6, 6.07) is 8.56. The topological polar surface area (TPSA) is 34.1 Å². The van der Waals surface area contributed by atoms with Crippen molar-refractivity contribution in [3.63, 3.8) is 0 Å². The van der Waals surface area contributed by atoms with Crippen LogP contribution in [0.2, 0.25) is 0 Å². The highest BCUT2D eigenvalue weighted by Crippen LogP contribution is 2.27. The Balaban J connectivity index is 2.09. The summed E-state index contributed by atoms with van der Waals surface area (Å²) in [6.45, 7) is 4.27. The number of nitrogens with one attached hydrogen (secondary N) is 1. The third kappa shape index (κ3) is 2.89. The molecule has 2 aromatic rings. The van der Waals surface area contributed by atoms with Gasteiger partial charge in [0.15, 0.2) is 0 Å². The molecular formula is C14H18N2OS. The monoisotopic (exact) mass is 262 g/mol. The maximum Gasteiger partial charge on any atom is 0.123 e. The van der Waals surface area contributed by atoms with Crippen LogP contribution < -0.4 is 10.1 Å². The first kappa shape index (κ1) is 13.1. The van der Waals surface area contributed by atoms with Gasteiger partial charge < -0.3 is 10.1 Å². The van der Waals surface area contributed by atoms with Gasteiger partial charge in [-0.2, -0.15) is 0 Å². The summed E-state index contributed by atoms with van der Waals surface area (Å²) in [7, 11) is 1.70. The number of ether oxygens (including phenoxy) is 1. The van der Waals surface area contributed by atoms with Gasteiger partial charge in [0.1, 0.15) is 10.8 Å². The minimum absolute atomic E-state index is 0.222. The van der Waals surface area contributed by atoms with E-state index in [0.29, 0.717) is 0 Å². The van der Waals surface area contributed by atoms with E-state index in [1.807, 2.05) is 29.8 Å². The number of thiazole rings is 1. The average Bonchev–Trinajstić information content (AvgIpc) is 2.92. The minimum Gasteiger partial charge on any atom is -0.496 e. The van der Waals surface area contributed by atoms with Crippen molar-refractivity contribution in [1.29, 1.82) is 0 Å². The van der Waals surface area contributed by atoms with Crippen molar-refractivity contribution in [2.45, 2.75) is 25.9 Å². The molecule has 0 saturated carbocycles. The normalized spacial score (nSPS) is 14.2. The van der Waals surface area contributed by atoms with E-state index in [1.54, 1.807) is 18.4 Å². The van der Waals surface area contributed by atoms with Crippen molar-refractivity contribution in [3.8, 4) is 5.75 Å². The molecule has 0 aliphatic heterocycles. The second-order valence-corrected chi connectivity index (χ2v) is 5.15. The van der Waals surface area contributed by atoms with E-state index in [2.05, 4.69) is 30.2 Å². The van der Waals surface area contributed by atoms with Crippen LogP contribution in [-0.2, 0) is 0 Å². The van der Waals surface area contributed by atoms with Crippen molar-refractivity contribution in [2.75, 3.05) is 7.11 Å². The Labute approximate surface area is 112 Å². The number of nitrogens with zero attached hydrogens (tertiary/aromatic N) is 1. The van der Waals surface area contributed by atoms with Crippen LogP contribution in [0.5, 0.6) is 5.75 Å². The van der Waals surface area contributed by atoms with Gasteiger partial charge in [-0.1, -0.05) is 18.2 Å². The molecule has 0 bridgehead atoms. The zero-order valence-corrected chi connectivity index (χ0v) is 11.7. The molecule has 96 valence electrons. The van der Waals surface area contributed by atoms with Gasteiger partial charge in [-0.25, -0.2) is 4.98 Å². The predicted octanol–water partition coefficient (Wildman–Crippen LogP) is 3.56. The van der Waals surface area contributed by atoms with Crippen LogP contribution >= 0.6 is 11.3 Å². The molecule has 0 fully saturated rings. The summed E-state index contributed by atoms with van der Waals surface area (Å²) in [5, 5.41) is 6.65. The van der Waals surface area contributed by atoms with Crippen molar-refractivity contribution >= 4 is 11.3 Å². The molecule has 0 aliphatic rings. The molecule has 4 heteroatoms. The summed E-state index contributed by atoms with van der Waals surface area (Å²) in [5.41, 5.74) is 1.17. The third-order valence-corrected chi connectivity index (χ3v) is 3.89. The zero-order valence-electron chi connectivity index (χ0n) is 10.9. The predicted molar refractivity (Wildman–Crippen MR) is 75.1 cm³/mol. The second-order valence-electron chi connectivity index (χ2n) is 4.22. The molecule has 1 aromatic carbocycles. The van der Waals surface area contributed by atoms with Crippen LogP contribution in [0.25, 0.3) is 0 Å². The number of benzene rings is 1. The molecule has 0 radical (unpaired) electrons. The van der Waals surface area contributed by atoms with E-state index in [1.165, 1.54) is 5.56 Å². The molecule has 18 heavy (non-hydrogen) atoms. The molecule has 3 nitrogen and oxygen atoms in total. The Morgan fingerprint density at radius 1 is 1.22 bits per heavy atom. The van der Waals surface area contributed by atoms with Crippen molar-refractivity contribution < 1.29 is 4.74 Å². The quantitative estimate of drug-likeness (QED) is 0.894. The summed E-state index contributed by atoms with van der Waals surface area (Å²) >= 11 is 1.67. The molecule has 0 spiro atoms. The highest BCUT2D eigenvalue weighted by Gasteiger charge is 2.15. The molecule has 1 heterocycles. The second kappa shape index (κ2) is 5.98. The molecule has 0 amide bonds. The maximum absolute atomic E-state index is 5.39. The van der Waals surface area contributed by atoms with Crippen molar-refractivity contribution in [1.82, 2.24) is 10.3 Å². The Hall–Kier alpha value is -1.39. The molecule has 2 atom stereocenters. The minimum atomic E-state index is 0.222. The summed E-state index contributed by atoms with van der Waals surface area (Å²) < 4.78 is 5.39. The first-order valence-electron chi connectivity index (χ1n) is 6.00.